The van der Waals surface area contributed by atoms with E-state index in [9.17, 15) is 13.2 Å². The molecule has 0 radical (unpaired) electrons. The van der Waals surface area contributed by atoms with Crippen LogP contribution in [0.4, 0.5) is 4.79 Å². The van der Waals surface area contributed by atoms with Crippen LogP contribution in [0, 0.1) is 0 Å². The quantitative estimate of drug-likeness (QED) is 0.765. The van der Waals surface area contributed by atoms with Crippen LogP contribution < -0.4 is 4.72 Å². The van der Waals surface area contributed by atoms with E-state index < -0.39 is 21.8 Å². The number of rotatable bonds is 4. The first-order valence-electron chi connectivity index (χ1n) is 4.66. The van der Waals surface area contributed by atoms with Gasteiger partial charge >= 0.3 is 16.3 Å². The number of hydrogen-bond acceptors (Lipinski definition) is 3. The zero-order valence-electron chi connectivity index (χ0n) is 9.44. The summed E-state index contributed by atoms with van der Waals surface area (Å²) in [6.45, 7) is 6.58. The Hall–Kier alpha value is -0.820. The summed E-state index contributed by atoms with van der Waals surface area (Å²) in [7, 11) is -3.96. The molecular weight excluding hydrogens is 220 g/mol. The van der Waals surface area contributed by atoms with E-state index in [2.05, 4.69) is 4.72 Å². The molecule has 1 amide bonds. The largest absolute Gasteiger partial charge is 0.464 e. The van der Waals surface area contributed by atoms with Crippen LogP contribution in [-0.4, -0.2) is 36.0 Å². The predicted octanol–water partition coefficient (Wildman–Crippen LogP) is 1.01. The van der Waals surface area contributed by atoms with Gasteiger partial charge in [0.1, 0.15) is 0 Å². The summed E-state index contributed by atoms with van der Waals surface area (Å²) in [5.41, 5.74) is -0.995. The minimum Gasteiger partial charge on any atom is -0.464 e. The average molecular weight is 238 g/mol. The zero-order chi connectivity index (χ0) is 12.3. The maximum absolute atomic E-state index is 11.6. The van der Waals surface area contributed by atoms with E-state index in [1.165, 1.54) is 20.8 Å². The van der Waals surface area contributed by atoms with Gasteiger partial charge in [0.2, 0.25) is 0 Å². The molecule has 0 unspecified atom stereocenters. The summed E-state index contributed by atoms with van der Waals surface area (Å²) in [6.07, 6.45) is -0.872. The third-order valence-electron chi connectivity index (χ3n) is 1.56. The van der Waals surface area contributed by atoms with Crippen LogP contribution in [0.1, 0.15) is 34.1 Å². The molecule has 0 aromatic rings. The van der Waals surface area contributed by atoms with E-state index in [-0.39, 0.29) is 6.54 Å². The SMILES string of the molecule is CCCNS(=O)(=O)N(C(=O)O)C(C)(C)C. The molecule has 0 aromatic heterocycles. The second kappa shape index (κ2) is 4.80. The molecule has 0 spiro atoms. The normalized spacial score (nSPS) is 12.5. The van der Waals surface area contributed by atoms with Gasteiger partial charge < -0.3 is 5.11 Å². The van der Waals surface area contributed by atoms with Crippen molar-refractivity contribution in [2.24, 2.45) is 0 Å². The molecule has 0 bridgehead atoms. The second-order valence-corrected chi connectivity index (χ2v) is 5.72. The number of nitrogens with one attached hydrogen (secondary N) is 1. The van der Waals surface area contributed by atoms with Gasteiger partial charge in [-0.25, -0.2) is 4.79 Å². The molecule has 0 aliphatic heterocycles. The van der Waals surface area contributed by atoms with Crippen LogP contribution in [0.2, 0.25) is 0 Å². The Morgan fingerprint density at radius 1 is 1.40 bits per heavy atom. The summed E-state index contributed by atoms with van der Waals surface area (Å²) in [5.74, 6) is 0. The van der Waals surface area contributed by atoms with Crippen LogP contribution >= 0.6 is 0 Å². The van der Waals surface area contributed by atoms with Crippen LogP contribution in [0.15, 0.2) is 0 Å². The first kappa shape index (κ1) is 14.2. The number of hydrogen-bond donors (Lipinski definition) is 2. The van der Waals surface area contributed by atoms with Gasteiger partial charge in [-0.3, -0.25) is 0 Å². The molecule has 0 saturated heterocycles. The summed E-state index contributed by atoms with van der Waals surface area (Å²) in [5, 5.41) is 8.85. The second-order valence-electron chi connectivity index (χ2n) is 4.12. The van der Waals surface area contributed by atoms with Crippen molar-refractivity contribution in [2.45, 2.75) is 39.7 Å². The molecule has 6 nitrogen and oxygen atoms in total. The van der Waals surface area contributed by atoms with E-state index in [0.29, 0.717) is 10.7 Å². The lowest BCUT2D eigenvalue weighted by Crippen LogP contribution is -2.53. The molecule has 0 aliphatic carbocycles. The Kier molecular flexibility index (Phi) is 4.54. The molecule has 0 atom stereocenters. The third-order valence-corrected chi connectivity index (χ3v) is 3.31. The maximum atomic E-state index is 11.6. The summed E-state index contributed by atoms with van der Waals surface area (Å²) < 4.78 is 25.9. The van der Waals surface area contributed by atoms with Crippen molar-refractivity contribution in [2.75, 3.05) is 6.54 Å². The Labute approximate surface area is 90.5 Å². The maximum Gasteiger partial charge on any atom is 0.422 e. The number of amides is 1. The van der Waals surface area contributed by atoms with E-state index in [1.807, 2.05) is 0 Å². The fourth-order valence-electron chi connectivity index (χ4n) is 1.05. The highest BCUT2D eigenvalue weighted by molar-refractivity contribution is 7.87. The van der Waals surface area contributed by atoms with Crippen LogP contribution in [0.5, 0.6) is 0 Å². The van der Waals surface area contributed by atoms with Crippen molar-refractivity contribution < 1.29 is 18.3 Å². The summed E-state index contributed by atoms with van der Waals surface area (Å²) >= 11 is 0. The van der Waals surface area contributed by atoms with Crippen molar-refractivity contribution in [3.05, 3.63) is 0 Å². The monoisotopic (exact) mass is 238 g/mol. The van der Waals surface area contributed by atoms with Crippen molar-refractivity contribution in [1.29, 1.82) is 0 Å². The predicted molar refractivity (Wildman–Crippen MR) is 56.8 cm³/mol. The molecule has 0 heterocycles. The molecular formula is C8H18N2O4S. The van der Waals surface area contributed by atoms with Crippen molar-refractivity contribution in [3.8, 4) is 0 Å². The van der Waals surface area contributed by atoms with Gasteiger partial charge in [0.05, 0.1) is 5.54 Å². The Morgan fingerprint density at radius 2 is 1.87 bits per heavy atom. The highest BCUT2D eigenvalue weighted by atomic mass is 32.2. The lowest BCUT2D eigenvalue weighted by atomic mass is 10.1. The molecule has 15 heavy (non-hydrogen) atoms. The Bertz CT molecular complexity index is 318. The zero-order valence-corrected chi connectivity index (χ0v) is 10.3. The van der Waals surface area contributed by atoms with Gasteiger partial charge in [-0.05, 0) is 27.2 Å². The minimum absolute atomic E-state index is 0.224. The fraction of sp³-hybridized carbons (Fsp3) is 0.875. The molecule has 2 N–H and O–H groups in total. The van der Waals surface area contributed by atoms with Crippen molar-refractivity contribution in [3.63, 3.8) is 0 Å². The van der Waals surface area contributed by atoms with Crippen LogP contribution in [0.3, 0.4) is 0 Å². The van der Waals surface area contributed by atoms with Crippen LogP contribution in [-0.2, 0) is 10.2 Å². The van der Waals surface area contributed by atoms with E-state index in [4.69, 9.17) is 5.11 Å². The standard InChI is InChI=1S/C8H18N2O4S/c1-5-6-9-15(13,14)10(7(11)12)8(2,3)4/h9H,5-6H2,1-4H3,(H,11,12). The van der Waals surface area contributed by atoms with Crippen molar-refractivity contribution in [1.82, 2.24) is 9.03 Å². The molecule has 90 valence electrons. The topological polar surface area (TPSA) is 86.7 Å². The molecule has 0 saturated carbocycles. The molecule has 0 aromatic carbocycles. The third kappa shape index (κ3) is 4.05. The van der Waals surface area contributed by atoms with Gasteiger partial charge in [-0.1, -0.05) is 6.92 Å². The van der Waals surface area contributed by atoms with E-state index in [1.54, 1.807) is 6.92 Å². The lowest BCUT2D eigenvalue weighted by molar-refractivity contribution is 0.145. The van der Waals surface area contributed by atoms with Crippen LogP contribution in [0.25, 0.3) is 0 Å². The number of carboxylic acid groups (broad SMARTS) is 1. The Balaban J connectivity index is 5.02. The minimum atomic E-state index is -3.96. The summed E-state index contributed by atoms with van der Waals surface area (Å²) in [6, 6.07) is 0. The molecule has 7 heteroatoms. The fourth-order valence-corrected chi connectivity index (χ4v) is 2.56. The average Bonchev–Trinajstić information content (AvgIpc) is 1.96. The Morgan fingerprint density at radius 3 is 2.13 bits per heavy atom. The number of nitrogens with zero attached hydrogens (tertiary/aromatic N) is 1. The molecule has 0 aliphatic rings. The van der Waals surface area contributed by atoms with E-state index >= 15 is 0 Å². The lowest BCUT2D eigenvalue weighted by Gasteiger charge is -2.31. The first-order chi connectivity index (χ1) is 6.63. The molecule has 0 rings (SSSR count). The summed E-state index contributed by atoms with van der Waals surface area (Å²) in [4.78, 5) is 10.9. The highest BCUT2D eigenvalue weighted by Gasteiger charge is 2.36. The van der Waals surface area contributed by atoms with E-state index in [0.717, 1.165) is 0 Å². The van der Waals surface area contributed by atoms with Gasteiger partial charge in [-0.15, -0.1) is 0 Å². The first-order valence-corrected chi connectivity index (χ1v) is 6.10. The van der Waals surface area contributed by atoms with Crippen molar-refractivity contribution >= 4 is 16.3 Å². The smallest absolute Gasteiger partial charge is 0.422 e. The van der Waals surface area contributed by atoms with Gasteiger partial charge in [0.25, 0.3) is 0 Å². The number of carbonyl (C=O) groups is 1. The van der Waals surface area contributed by atoms with Gasteiger partial charge in [0, 0.05) is 6.54 Å². The highest BCUT2D eigenvalue weighted by Crippen LogP contribution is 2.17. The van der Waals surface area contributed by atoms with Gasteiger partial charge in [0.15, 0.2) is 0 Å². The molecule has 0 fully saturated rings. The van der Waals surface area contributed by atoms with Gasteiger partial charge in [-0.2, -0.15) is 17.4 Å².